The molecule has 1 saturated carbocycles. The molecule has 1 aliphatic rings. The number of aliphatic hydroxyl groups excluding tert-OH is 1. The summed E-state index contributed by atoms with van der Waals surface area (Å²) in [6.45, 7) is 5.12. The van der Waals surface area contributed by atoms with Crippen LogP contribution in [0.5, 0.6) is 0 Å². The fourth-order valence-electron chi connectivity index (χ4n) is 3.06. The number of ether oxygens (including phenoxy) is 1. The van der Waals surface area contributed by atoms with Crippen molar-refractivity contribution in [3.63, 3.8) is 0 Å². The zero-order valence-corrected chi connectivity index (χ0v) is 15.0. The molecule has 0 spiro atoms. The molecule has 1 aromatic rings. The van der Waals surface area contributed by atoms with Crippen molar-refractivity contribution in [2.24, 2.45) is 5.92 Å². The van der Waals surface area contributed by atoms with Gasteiger partial charge in [-0.1, -0.05) is 25.0 Å². The van der Waals surface area contributed by atoms with Gasteiger partial charge in [0.25, 0.3) is 0 Å². The van der Waals surface area contributed by atoms with Gasteiger partial charge in [-0.05, 0) is 44.4 Å². The van der Waals surface area contributed by atoms with E-state index in [2.05, 4.69) is 5.32 Å². The second-order valence-electron chi connectivity index (χ2n) is 6.98. The summed E-state index contributed by atoms with van der Waals surface area (Å²) >= 11 is 0. The van der Waals surface area contributed by atoms with Crippen LogP contribution in [0.15, 0.2) is 24.3 Å². The van der Waals surface area contributed by atoms with E-state index >= 15 is 0 Å². The first-order valence-corrected chi connectivity index (χ1v) is 8.86. The Morgan fingerprint density at radius 2 is 2.12 bits per heavy atom. The first-order valence-electron chi connectivity index (χ1n) is 8.86. The van der Waals surface area contributed by atoms with Gasteiger partial charge in [0.1, 0.15) is 0 Å². The summed E-state index contributed by atoms with van der Waals surface area (Å²) in [5.74, 6) is 0.181. The lowest BCUT2D eigenvalue weighted by molar-refractivity contribution is 0.0575. The van der Waals surface area contributed by atoms with Crippen LogP contribution in [-0.2, 0) is 11.3 Å². The van der Waals surface area contributed by atoms with Gasteiger partial charge in [-0.2, -0.15) is 0 Å². The molecule has 0 unspecified atom stereocenters. The molecule has 5 heteroatoms. The van der Waals surface area contributed by atoms with Crippen molar-refractivity contribution in [1.29, 1.82) is 0 Å². The number of hydrogen-bond donors (Lipinski definition) is 2. The van der Waals surface area contributed by atoms with Crippen LogP contribution in [0.4, 0.5) is 10.5 Å². The van der Waals surface area contributed by atoms with Crippen LogP contribution in [0.25, 0.3) is 0 Å². The molecule has 0 bridgehead atoms. The van der Waals surface area contributed by atoms with Crippen molar-refractivity contribution in [1.82, 2.24) is 4.90 Å². The number of carbonyl (C=O) groups is 1. The van der Waals surface area contributed by atoms with Gasteiger partial charge in [0.2, 0.25) is 0 Å². The smallest absolute Gasteiger partial charge is 0.321 e. The number of aliphatic hydroxyl groups is 1. The van der Waals surface area contributed by atoms with Gasteiger partial charge in [-0.15, -0.1) is 0 Å². The number of anilines is 1. The Bertz CT molecular complexity index is 533. The first kappa shape index (κ1) is 18.7. The van der Waals surface area contributed by atoms with E-state index in [9.17, 15) is 9.90 Å². The number of carbonyl (C=O) groups excluding carboxylic acids is 1. The molecule has 2 rings (SSSR count). The lowest BCUT2D eigenvalue weighted by Gasteiger charge is -2.31. The van der Waals surface area contributed by atoms with Gasteiger partial charge in [-0.3, -0.25) is 0 Å². The summed E-state index contributed by atoms with van der Waals surface area (Å²) in [4.78, 5) is 14.0. The molecule has 2 atom stereocenters. The van der Waals surface area contributed by atoms with Crippen molar-refractivity contribution in [3.8, 4) is 0 Å². The van der Waals surface area contributed by atoms with E-state index in [1.165, 1.54) is 0 Å². The normalized spacial score (nSPS) is 20.9. The maximum atomic E-state index is 12.4. The highest BCUT2D eigenvalue weighted by molar-refractivity contribution is 5.89. The van der Waals surface area contributed by atoms with Crippen LogP contribution in [0.1, 0.15) is 45.1 Å². The van der Waals surface area contributed by atoms with E-state index in [0.29, 0.717) is 13.2 Å². The molecule has 0 aliphatic heterocycles. The third kappa shape index (κ3) is 5.80. The van der Waals surface area contributed by atoms with Crippen molar-refractivity contribution in [2.75, 3.05) is 18.9 Å². The zero-order valence-electron chi connectivity index (χ0n) is 15.0. The summed E-state index contributed by atoms with van der Waals surface area (Å²) in [6.07, 6.45) is 3.94. The standard InChI is InChI=1S/C19H30N2O3/c1-14(2)24-13-15-7-6-9-17(11-15)20-19(23)21(3)12-16-8-4-5-10-18(16)22/h6-7,9,11,14,16,18,22H,4-5,8,10,12-13H2,1-3H3,(H,20,23)/t16-,18-/m1/s1. The van der Waals surface area contributed by atoms with Crippen molar-refractivity contribution >= 4 is 11.7 Å². The number of nitrogens with one attached hydrogen (secondary N) is 1. The van der Waals surface area contributed by atoms with Crippen molar-refractivity contribution < 1.29 is 14.6 Å². The maximum Gasteiger partial charge on any atom is 0.321 e. The number of hydrogen-bond acceptors (Lipinski definition) is 3. The summed E-state index contributed by atoms with van der Waals surface area (Å²) in [7, 11) is 1.78. The molecule has 24 heavy (non-hydrogen) atoms. The Kier molecular flexibility index (Phi) is 7.06. The Hall–Kier alpha value is -1.59. The highest BCUT2D eigenvalue weighted by Crippen LogP contribution is 2.25. The number of nitrogens with zero attached hydrogens (tertiary/aromatic N) is 1. The summed E-state index contributed by atoms with van der Waals surface area (Å²) in [6, 6.07) is 7.57. The molecule has 0 aromatic heterocycles. The van der Waals surface area contributed by atoms with E-state index in [4.69, 9.17) is 4.74 Å². The Balaban J connectivity index is 1.87. The van der Waals surface area contributed by atoms with Gasteiger partial charge < -0.3 is 20.1 Å². The lowest BCUT2D eigenvalue weighted by Crippen LogP contribution is -2.40. The van der Waals surface area contributed by atoms with E-state index in [1.807, 2.05) is 38.1 Å². The third-order valence-electron chi connectivity index (χ3n) is 4.49. The Morgan fingerprint density at radius 1 is 1.38 bits per heavy atom. The molecule has 2 amide bonds. The van der Waals surface area contributed by atoms with Crippen LogP contribution in [0, 0.1) is 5.92 Å². The monoisotopic (exact) mass is 334 g/mol. The van der Waals surface area contributed by atoms with Crippen molar-refractivity contribution in [3.05, 3.63) is 29.8 Å². The maximum absolute atomic E-state index is 12.4. The van der Waals surface area contributed by atoms with E-state index in [-0.39, 0.29) is 24.2 Å². The molecular formula is C19H30N2O3. The fraction of sp³-hybridized carbons (Fsp3) is 0.632. The second kappa shape index (κ2) is 9.04. The summed E-state index contributed by atoms with van der Waals surface area (Å²) in [5, 5.41) is 13.0. The SMILES string of the molecule is CC(C)OCc1cccc(NC(=O)N(C)C[C@H]2CCCC[C@H]2O)c1. The Morgan fingerprint density at radius 3 is 2.83 bits per heavy atom. The molecule has 0 saturated heterocycles. The van der Waals surface area contributed by atoms with Crippen LogP contribution in [0.3, 0.4) is 0 Å². The van der Waals surface area contributed by atoms with Gasteiger partial charge >= 0.3 is 6.03 Å². The third-order valence-corrected chi connectivity index (χ3v) is 4.49. The molecule has 1 aromatic carbocycles. The van der Waals surface area contributed by atoms with Gasteiger partial charge in [0.15, 0.2) is 0 Å². The quantitative estimate of drug-likeness (QED) is 0.835. The van der Waals surface area contributed by atoms with Crippen LogP contribution < -0.4 is 5.32 Å². The summed E-state index contributed by atoms with van der Waals surface area (Å²) in [5.41, 5.74) is 1.80. The molecule has 2 N–H and O–H groups in total. The first-order chi connectivity index (χ1) is 11.5. The average molecular weight is 334 g/mol. The molecule has 1 fully saturated rings. The molecule has 5 nitrogen and oxygen atoms in total. The van der Waals surface area contributed by atoms with Crippen LogP contribution >= 0.6 is 0 Å². The van der Waals surface area contributed by atoms with Gasteiger partial charge in [0, 0.05) is 25.2 Å². The second-order valence-corrected chi connectivity index (χ2v) is 6.98. The minimum absolute atomic E-state index is 0.144. The Labute approximate surface area is 145 Å². The minimum atomic E-state index is -0.287. The predicted octanol–water partition coefficient (Wildman–Crippen LogP) is 3.63. The number of rotatable bonds is 6. The number of amides is 2. The fourth-order valence-corrected chi connectivity index (χ4v) is 3.06. The topological polar surface area (TPSA) is 61.8 Å². The highest BCUT2D eigenvalue weighted by Gasteiger charge is 2.25. The lowest BCUT2D eigenvalue weighted by atomic mass is 9.86. The minimum Gasteiger partial charge on any atom is -0.393 e. The van der Waals surface area contributed by atoms with Crippen LogP contribution in [-0.4, -0.2) is 41.8 Å². The summed E-state index contributed by atoms with van der Waals surface area (Å²) < 4.78 is 5.60. The highest BCUT2D eigenvalue weighted by atomic mass is 16.5. The largest absolute Gasteiger partial charge is 0.393 e. The zero-order chi connectivity index (χ0) is 17.5. The molecule has 134 valence electrons. The molecule has 1 aliphatic carbocycles. The molecular weight excluding hydrogens is 304 g/mol. The number of urea groups is 1. The van der Waals surface area contributed by atoms with Crippen LogP contribution in [0.2, 0.25) is 0 Å². The van der Waals surface area contributed by atoms with Gasteiger partial charge in [-0.25, -0.2) is 4.79 Å². The average Bonchev–Trinajstić information content (AvgIpc) is 2.55. The van der Waals surface area contributed by atoms with E-state index in [0.717, 1.165) is 36.9 Å². The van der Waals surface area contributed by atoms with Crippen molar-refractivity contribution in [2.45, 2.75) is 58.3 Å². The van der Waals surface area contributed by atoms with E-state index in [1.54, 1.807) is 11.9 Å². The van der Waals surface area contributed by atoms with E-state index < -0.39 is 0 Å². The molecule has 0 heterocycles. The predicted molar refractivity (Wildman–Crippen MR) is 96.0 cm³/mol. The number of benzene rings is 1. The van der Waals surface area contributed by atoms with Gasteiger partial charge in [0.05, 0.1) is 18.8 Å². The molecule has 0 radical (unpaired) electrons.